The van der Waals surface area contributed by atoms with Gasteiger partial charge >= 0.3 is 5.69 Å². The number of aryl methyl sites for hydroxylation is 1. The zero-order valence-electron chi connectivity index (χ0n) is 22.4. The summed E-state index contributed by atoms with van der Waals surface area (Å²) < 4.78 is 2.13. The smallest absolute Gasteiger partial charge is 0.332 e. The number of ketones is 1. The third-order valence-corrected chi connectivity index (χ3v) is 6.89. The number of aliphatic hydroxyl groups is 2. The fraction of sp³-hybridized carbons (Fsp3) is 0.704. The number of H-pyrrole nitrogens is 1. The van der Waals surface area contributed by atoms with Crippen LogP contribution in [0.1, 0.15) is 90.4 Å². The summed E-state index contributed by atoms with van der Waals surface area (Å²) in [4.78, 5) is 44.1. The van der Waals surface area contributed by atoms with Crippen LogP contribution in [-0.2, 0) is 18.4 Å². The molecule has 10 heteroatoms. The largest absolute Gasteiger partial charge is 0.387 e. The molecule has 5 N–H and O–H groups in total. The molecule has 0 radical (unpaired) electrons. The predicted octanol–water partition coefficient (Wildman–Crippen LogP) is 2.69. The molecule has 208 valence electrons. The molecule has 0 saturated carbocycles. The molecule has 0 aliphatic carbocycles. The molecule has 0 amide bonds. The van der Waals surface area contributed by atoms with Gasteiger partial charge in [-0.25, -0.2) is 9.78 Å². The van der Waals surface area contributed by atoms with E-state index >= 15 is 0 Å². The molecule has 2 aromatic heterocycles. The summed E-state index contributed by atoms with van der Waals surface area (Å²) in [6.45, 7) is 2.02. The second-order valence-corrected chi connectivity index (χ2v) is 9.88. The Balaban J connectivity index is 1.68. The van der Waals surface area contributed by atoms with Crippen LogP contribution in [0.25, 0.3) is 11.2 Å². The maximum absolute atomic E-state index is 12.5. The van der Waals surface area contributed by atoms with Crippen molar-refractivity contribution in [2.75, 3.05) is 0 Å². The van der Waals surface area contributed by atoms with Crippen LogP contribution in [0.2, 0.25) is 0 Å². The monoisotopic (exact) mass is 519 g/mol. The van der Waals surface area contributed by atoms with E-state index in [9.17, 15) is 24.6 Å². The zero-order chi connectivity index (χ0) is 27.2. The number of unbranched alkanes of at least 4 members (excludes halogenated alkanes) is 11. The summed E-state index contributed by atoms with van der Waals surface area (Å²) in [5.41, 5.74) is 5.08. The zero-order valence-corrected chi connectivity index (χ0v) is 22.4. The van der Waals surface area contributed by atoms with Crippen LogP contribution in [0, 0.1) is 0 Å². The number of hydrogen-bond acceptors (Lipinski definition) is 7. The fourth-order valence-corrected chi connectivity index (χ4v) is 4.45. The van der Waals surface area contributed by atoms with Gasteiger partial charge < -0.3 is 20.9 Å². The van der Waals surface area contributed by atoms with Crippen LogP contribution in [0.4, 0.5) is 0 Å². The van der Waals surface area contributed by atoms with Gasteiger partial charge in [0.15, 0.2) is 11.4 Å². The molecule has 10 nitrogen and oxygen atoms in total. The fourth-order valence-electron chi connectivity index (χ4n) is 4.45. The second kappa shape index (κ2) is 16.3. The minimum Gasteiger partial charge on any atom is -0.387 e. The van der Waals surface area contributed by atoms with Crippen LogP contribution in [-0.4, -0.2) is 53.3 Å². The van der Waals surface area contributed by atoms with Crippen LogP contribution in [0.15, 0.2) is 28.1 Å². The van der Waals surface area contributed by atoms with E-state index in [1.165, 1.54) is 81.8 Å². The maximum Gasteiger partial charge on any atom is 0.332 e. The van der Waals surface area contributed by atoms with Crippen molar-refractivity contribution in [3.05, 3.63) is 39.3 Å². The SMILES string of the molecule is CCCCCCCCCCCCC/C=C/[C@@H](O)[C@@H](N)C(O)C(=O)CCn1c(=O)c2[nH]cnc2n(C)c1=O. The summed E-state index contributed by atoms with van der Waals surface area (Å²) in [6.07, 6.45) is 16.3. The van der Waals surface area contributed by atoms with Crippen LogP contribution in [0.5, 0.6) is 0 Å². The Morgan fingerprint density at radius 1 is 1.05 bits per heavy atom. The van der Waals surface area contributed by atoms with Gasteiger partial charge in [0.05, 0.1) is 18.5 Å². The molecule has 0 aliphatic rings. The number of aliphatic hydroxyl groups excluding tert-OH is 2. The topological polar surface area (TPSA) is 156 Å². The van der Waals surface area contributed by atoms with E-state index in [1.54, 1.807) is 0 Å². The summed E-state index contributed by atoms with van der Waals surface area (Å²) in [6, 6.07) is -1.20. The van der Waals surface area contributed by atoms with Crippen LogP contribution in [0.3, 0.4) is 0 Å². The molecule has 2 aromatic rings. The highest BCUT2D eigenvalue weighted by Gasteiger charge is 2.27. The average Bonchev–Trinajstić information content (AvgIpc) is 3.39. The number of rotatable bonds is 19. The number of nitrogens with one attached hydrogen (secondary N) is 1. The number of aromatic amines is 1. The quantitative estimate of drug-likeness (QED) is 0.164. The lowest BCUT2D eigenvalue weighted by atomic mass is 9.99. The van der Waals surface area contributed by atoms with Crippen molar-refractivity contribution in [1.29, 1.82) is 0 Å². The van der Waals surface area contributed by atoms with Gasteiger partial charge in [-0.3, -0.25) is 18.7 Å². The lowest BCUT2D eigenvalue weighted by molar-refractivity contribution is -0.129. The Morgan fingerprint density at radius 2 is 1.65 bits per heavy atom. The molecule has 1 unspecified atom stereocenters. The molecule has 0 saturated heterocycles. The van der Waals surface area contributed by atoms with Gasteiger partial charge in [-0.1, -0.05) is 83.3 Å². The number of nitrogens with two attached hydrogens (primary N) is 1. The Kier molecular flexibility index (Phi) is 13.5. The van der Waals surface area contributed by atoms with Gasteiger partial charge in [-0.2, -0.15) is 0 Å². The van der Waals surface area contributed by atoms with Gasteiger partial charge in [0, 0.05) is 20.0 Å². The summed E-state index contributed by atoms with van der Waals surface area (Å²) in [5.74, 6) is -0.649. The first-order chi connectivity index (χ1) is 17.8. The Labute approximate surface area is 218 Å². The first-order valence-corrected chi connectivity index (χ1v) is 13.7. The number of allylic oxidation sites excluding steroid dienone is 1. The predicted molar refractivity (Wildman–Crippen MR) is 145 cm³/mol. The number of aromatic nitrogens is 4. The molecule has 2 rings (SSSR count). The molecule has 2 heterocycles. The van der Waals surface area contributed by atoms with Crippen LogP contribution >= 0.6 is 0 Å². The van der Waals surface area contributed by atoms with Gasteiger partial charge in [0.1, 0.15) is 11.6 Å². The molecule has 0 bridgehead atoms. The van der Waals surface area contributed by atoms with E-state index in [0.29, 0.717) is 0 Å². The highest BCUT2D eigenvalue weighted by molar-refractivity contribution is 5.83. The van der Waals surface area contributed by atoms with Crippen molar-refractivity contribution in [2.45, 2.75) is 115 Å². The highest BCUT2D eigenvalue weighted by Crippen LogP contribution is 2.12. The summed E-state index contributed by atoms with van der Waals surface area (Å²) in [7, 11) is 1.48. The van der Waals surface area contributed by atoms with E-state index in [0.717, 1.165) is 23.8 Å². The molecule has 0 spiro atoms. The van der Waals surface area contributed by atoms with E-state index < -0.39 is 35.3 Å². The third kappa shape index (κ3) is 9.36. The van der Waals surface area contributed by atoms with Gasteiger partial charge in [-0.15, -0.1) is 0 Å². The van der Waals surface area contributed by atoms with Crippen LogP contribution < -0.4 is 17.0 Å². The van der Waals surface area contributed by atoms with Crippen molar-refractivity contribution in [1.82, 2.24) is 19.1 Å². The first-order valence-electron chi connectivity index (χ1n) is 13.7. The number of fused-ring (bicyclic) bond motifs is 1. The molecule has 0 aromatic carbocycles. The van der Waals surface area contributed by atoms with E-state index in [1.807, 2.05) is 6.08 Å². The van der Waals surface area contributed by atoms with Crippen molar-refractivity contribution in [2.24, 2.45) is 12.8 Å². The molecular formula is C27H45N5O5. The average molecular weight is 520 g/mol. The van der Waals surface area contributed by atoms with Crippen molar-refractivity contribution >= 4 is 16.9 Å². The van der Waals surface area contributed by atoms with Crippen molar-refractivity contribution in [3.8, 4) is 0 Å². The lowest BCUT2D eigenvalue weighted by Gasteiger charge is -2.21. The van der Waals surface area contributed by atoms with Gasteiger partial charge in [0.2, 0.25) is 0 Å². The molecular weight excluding hydrogens is 474 g/mol. The third-order valence-electron chi connectivity index (χ3n) is 6.89. The van der Waals surface area contributed by atoms with E-state index in [4.69, 9.17) is 5.73 Å². The van der Waals surface area contributed by atoms with E-state index in [2.05, 4.69) is 16.9 Å². The van der Waals surface area contributed by atoms with Gasteiger partial charge in [0.25, 0.3) is 5.56 Å². The number of Topliss-reactive ketones (excluding diaryl/α,β-unsaturated/α-hetero) is 1. The second-order valence-electron chi connectivity index (χ2n) is 9.88. The number of nitrogens with zero attached hydrogens (tertiary/aromatic N) is 3. The van der Waals surface area contributed by atoms with Gasteiger partial charge in [-0.05, 0) is 12.8 Å². The Morgan fingerprint density at radius 3 is 2.27 bits per heavy atom. The van der Waals surface area contributed by atoms with E-state index in [-0.39, 0.29) is 24.1 Å². The summed E-state index contributed by atoms with van der Waals surface area (Å²) in [5, 5.41) is 20.6. The minimum absolute atomic E-state index is 0.158. The Bertz CT molecular complexity index is 1100. The number of hydrogen-bond donors (Lipinski definition) is 4. The molecule has 3 atom stereocenters. The number of imidazole rings is 1. The first kappa shape index (κ1) is 30.7. The highest BCUT2D eigenvalue weighted by atomic mass is 16.3. The maximum atomic E-state index is 12.5. The Hall–Kier alpha value is -2.56. The van der Waals surface area contributed by atoms with Crippen molar-refractivity contribution < 1.29 is 15.0 Å². The summed E-state index contributed by atoms with van der Waals surface area (Å²) >= 11 is 0. The molecule has 0 aliphatic heterocycles. The normalized spacial score (nSPS) is 14.4. The lowest BCUT2D eigenvalue weighted by Crippen LogP contribution is -2.48. The molecule has 37 heavy (non-hydrogen) atoms. The number of carbonyl (C=O) groups excluding carboxylic acids is 1. The molecule has 0 fully saturated rings. The van der Waals surface area contributed by atoms with Crippen molar-refractivity contribution in [3.63, 3.8) is 0 Å². The number of carbonyl (C=O) groups is 1. The minimum atomic E-state index is -1.61. The standard InChI is InChI=1S/C27H45N5O5/c1-3-4-5-6-7-8-9-10-11-12-13-14-15-16-20(33)22(28)24(35)21(34)17-18-32-26(36)23-25(30-19-29-23)31(2)27(32)37/h15-16,19-20,22,24,33,35H,3-14,17-18,28H2,1-2H3,(H,29,30)/b16-15+/t20-,22-,24?/m1/s1.